The molecule has 0 radical (unpaired) electrons. The van der Waals surface area contributed by atoms with Crippen LogP contribution in [0.1, 0.15) is 43.7 Å². The van der Waals surface area contributed by atoms with Gasteiger partial charge in [0.2, 0.25) is 11.8 Å². The minimum Gasteiger partial charge on any atom is -0.374 e. The number of rotatable bonds is 6. The molecule has 152 valence electrons. The van der Waals surface area contributed by atoms with Gasteiger partial charge in [-0.3, -0.25) is 9.69 Å². The van der Waals surface area contributed by atoms with Crippen LogP contribution >= 0.6 is 0 Å². The van der Waals surface area contributed by atoms with Crippen molar-refractivity contribution in [1.29, 1.82) is 0 Å². The Morgan fingerprint density at radius 2 is 2.04 bits per heavy atom. The third-order valence-electron chi connectivity index (χ3n) is 5.25. The van der Waals surface area contributed by atoms with Crippen molar-refractivity contribution in [2.24, 2.45) is 5.73 Å². The van der Waals surface area contributed by atoms with E-state index >= 15 is 0 Å². The number of methoxy groups -OCH3 is 1. The fourth-order valence-electron chi connectivity index (χ4n) is 3.36. The van der Waals surface area contributed by atoms with Crippen LogP contribution < -0.4 is 5.73 Å². The van der Waals surface area contributed by atoms with E-state index in [1.165, 1.54) is 0 Å². The molecule has 1 aliphatic rings. The second-order valence-corrected chi connectivity index (χ2v) is 7.41. The summed E-state index contributed by atoms with van der Waals surface area (Å²) in [6.07, 6.45) is 0.668. The molecule has 0 bridgehead atoms. The maximum absolute atomic E-state index is 13.1. The molecule has 2 aromatic rings. The Bertz CT molecular complexity index is 777. The summed E-state index contributed by atoms with van der Waals surface area (Å²) in [6, 6.07) is 9.53. The Balaban J connectivity index is 1.60. The zero-order chi connectivity index (χ0) is 20.1. The van der Waals surface area contributed by atoms with Crippen LogP contribution in [-0.2, 0) is 21.6 Å². The van der Waals surface area contributed by atoms with Crippen LogP contribution in [0.25, 0.3) is 0 Å². The van der Waals surface area contributed by atoms with Crippen LogP contribution in [-0.4, -0.2) is 59.1 Å². The molecule has 2 atom stereocenters. The van der Waals surface area contributed by atoms with E-state index < -0.39 is 5.54 Å². The molecule has 1 saturated heterocycles. The van der Waals surface area contributed by atoms with E-state index in [1.807, 2.05) is 42.2 Å². The maximum atomic E-state index is 13.1. The molecule has 3 rings (SSSR count). The van der Waals surface area contributed by atoms with Gasteiger partial charge in [-0.25, -0.2) is 0 Å². The van der Waals surface area contributed by atoms with Gasteiger partial charge >= 0.3 is 0 Å². The van der Waals surface area contributed by atoms with E-state index in [9.17, 15) is 4.79 Å². The van der Waals surface area contributed by atoms with Crippen molar-refractivity contribution < 1.29 is 14.1 Å². The lowest BCUT2D eigenvalue weighted by Gasteiger charge is -2.31. The second kappa shape index (κ2) is 8.81. The average molecular weight is 387 g/mol. The third kappa shape index (κ3) is 4.57. The number of aromatic nitrogens is 2. The van der Waals surface area contributed by atoms with Crippen molar-refractivity contribution in [1.82, 2.24) is 19.9 Å². The molecule has 0 aliphatic carbocycles. The Morgan fingerprint density at radius 1 is 1.29 bits per heavy atom. The standard InChI is InChI=1S/C20H29N5O3/c1-15(27-3)18-22-17(28-23-18)14-24-10-7-11-25(13-12-24)19(26)20(2,21)16-8-5-4-6-9-16/h4-6,8-9,15H,7,10-14,21H2,1-3H3. The van der Waals surface area contributed by atoms with Gasteiger partial charge in [0.15, 0.2) is 5.82 Å². The van der Waals surface area contributed by atoms with E-state index in [0.717, 1.165) is 25.1 Å². The first-order chi connectivity index (χ1) is 13.4. The highest BCUT2D eigenvalue weighted by Crippen LogP contribution is 2.21. The summed E-state index contributed by atoms with van der Waals surface area (Å²) in [5.41, 5.74) is 6.21. The van der Waals surface area contributed by atoms with Crippen molar-refractivity contribution in [2.45, 2.75) is 38.5 Å². The van der Waals surface area contributed by atoms with E-state index in [4.69, 9.17) is 15.0 Å². The Labute approximate surface area is 165 Å². The lowest BCUT2D eigenvalue weighted by Crippen LogP contribution is -2.51. The van der Waals surface area contributed by atoms with Gasteiger partial charge < -0.3 is 19.9 Å². The average Bonchev–Trinajstić information content (AvgIpc) is 3.05. The van der Waals surface area contributed by atoms with Crippen molar-refractivity contribution in [3.8, 4) is 0 Å². The van der Waals surface area contributed by atoms with E-state index in [-0.39, 0.29) is 12.0 Å². The fraction of sp³-hybridized carbons (Fsp3) is 0.550. The molecule has 0 saturated carbocycles. The van der Waals surface area contributed by atoms with E-state index in [2.05, 4.69) is 15.0 Å². The SMILES string of the molecule is COC(C)c1noc(CN2CCCN(C(=O)C(C)(N)c3ccccc3)CC2)n1. The summed E-state index contributed by atoms with van der Waals surface area (Å²) in [5, 5.41) is 3.97. The number of hydrogen-bond donors (Lipinski definition) is 1. The van der Waals surface area contributed by atoms with Gasteiger partial charge in [-0.05, 0) is 25.8 Å². The van der Waals surface area contributed by atoms with Crippen molar-refractivity contribution in [3.05, 3.63) is 47.6 Å². The first-order valence-electron chi connectivity index (χ1n) is 9.63. The number of amides is 1. The zero-order valence-electron chi connectivity index (χ0n) is 16.8. The summed E-state index contributed by atoms with van der Waals surface area (Å²) >= 11 is 0. The Morgan fingerprint density at radius 3 is 2.75 bits per heavy atom. The summed E-state index contributed by atoms with van der Waals surface area (Å²) in [4.78, 5) is 21.6. The molecule has 1 aliphatic heterocycles. The highest BCUT2D eigenvalue weighted by molar-refractivity contribution is 5.87. The van der Waals surface area contributed by atoms with Crippen LogP contribution in [0.2, 0.25) is 0 Å². The topological polar surface area (TPSA) is 97.7 Å². The van der Waals surface area contributed by atoms with Crippen molar-refractivity contribution in [3.63, 3.8) is 0 Å². The number of hydrogen-bond acceptors (Lipinski definition) is 7. The molecule has 8 heteroatoms. The van der Waals surface area contributed by atoms with Crippen LogP contribution in [0.4, 0.5) is 0 Å². The molecule has 1 fully saturated rings. The minimum absolute atomic E-state index is 0.0467. The third-order valence-corrected chi connectivity index (χ3v) is 5.25. The van der Waals surface area contributed by atoms with Gasteiger partial charge in [-0.15, -0.1) is 0 Å². The number of benzene rings is 1. The zero-order valence-corrected chi connectivity index (χ0v) is 16.8. The van der Waals surface area contributed by atoms with Crippen molar-refractivity contribution in [2.75, 3.05) is 33.3 Å². The minimum atomic E-state index is -1.03. The Hall–Kier alpha value is -2.29. The van der Waals surface area contributed by atoms with Crippen LogP contribution in [0.15, 0.2) is 34.9 Å². The van der Waals surface area contributed by atoms with E-state index in [0.29, 0.717) is 31.3 Å². The quantitative estimate of drug-likeness (QED) is 0.805. The first kappa shape index (κ1) is 20.4. The van der Waals surface area contributed by atoms with Gasteiger partial charge in [0.1, 0.15) is 11.6 Å². The lowest BCUT2D eigenvalue weighted by molar-refractivity contribution is -0.136. The normalized spacial score (nSPS) is 19.1. The number of carbonyl (C=O) groups is 1. The molecule has 8 nitrogen and oxygen atoms in total. The monoisotopic (exact) mass is 387 g/mol. The number of nitrogens with zero attached hydrogens (tertiary/aromatic N) is 4. The maximum Gasteiger partial charge on any atom is 0.247 e. The summed E-state index contributed by atoms with van der Waals surface area (Å²) in [6.45, 7) is 7.11. The van der Waals surface area contributed by atoms with Gasteiger partial charge in [-0.1, -0.05) is 35.5 Å². The van der Waals surface area contributed by atoms with Gasteiger partial charge in [0.25, 0.3) is 0 Å². The largest absolute Gasteiger partial charge is 0.374 e. The predicted molar refractivity (Wildman–Crippen MR) is 104 cm³/mol. The summed E-state index contributed by atoms with van der Waals surface area (Å²) in [5.74, 6) is 1.06. The predicted octanol–water partition coefficient (Wildman–Crippen LogP) is 1.69. The molecule has 2 N–H and O–H groups in total. The number of carbonyl (C=O) groups excluding carboxylic acids is 1. The number of nitrogens with two attached hydrogens (primary N) is 1. The Kier molecular flexibility index (Phi) is 6.43. The first-order valence-corrected chi connectivity index (χ1v) is 9.63. The van der Waals surface area contributed by atoms with Crippen LogP contribution in [0.3, 0.4) is 0 Å². The number of ether oxygens (including phenoxy) is 1. The van der Waals surface area contributed by atoms with Gasteiger partial charge in [0.05, 0.1) is 6.54 Å². The molecule has 1 amide bonds. The van der Waals surface area contributed by atoms with Gasteiger partial charge in [-0.2, -0.15) is 4.98 Å². The highest BCUT2D eigenvalue weighted by Gasteiger charge is 2.35. The van der Waals surface area contributed by atoms with Crippen LogP contribution in [0.5, 0.6) is 0 Å². The summed E-state index contributed by atoms with van der Waals surface area (Å²) in [7, 11) is 1.61. The molecule has 2 unspecified atom stereocenters. The van der Waals surface area contributed by atoms with Gasteiger partial charge in [0, 0.05) is 33.3 Å². The molecule has 28 heavy (non-hydrogen) atoms. The molecule has 1 aromatic carbocycles. The lowest BCUT2D eigenvalue weighted by atomic mass is 9.91. The van der Waals surface area contributed by atoms with Crippen molar-refractivity contribution >= 4 is 5.91 Å². The summed E-state index contributed by atoms with van der Waals surface area (Å²) < 4.78 is 10.5. The molecule has 0 spiro atoms. The molecular formula is C20H29N5O3. The fourth-order valence-corrected chi connectivity index (χ4v) is 3.36. The smallest absolute Gasteiger partial charge is 0.247 e. The van der Waals surface area contributed by atoms with Crippen LogP contribution in [0, 0.1) is 0 Å². The highest BCUT2D eigenvalue weighted by atomic mass is 16.5. The molecule has 2 heterocycles. The second-order valence-electron chi connectivity index (χ2n) is 7.41. The molecule has 1 aromatic heterocycles. The van der Waals surface area contributed by atoms with E-state index in [1.54, 1.807) is 14.0 Å². The molecular weight excluding hydrogens is 358 g/mol.